The van der Waals surface area contributed by atoms with E-state index in [0.717, 1.165) is 4.57 Å². The van der Waals surface area contributed by atoms with Gasteiger partial charge in [-0.25, -0.2) is 4.79 Å². The predicted octanol–water partition coefficient (Wildman–Crippen LogP) is 0.848. The Balaban J connectivity index is 2.09. The first-order valence-electron chi connectivity index (χ1n) is 6.53. The van der Waals surface area contributed by atoms with E-state index in [2.05, 4.69) is 15.2 Å². The van der Waals surface area contributed by atoms with Crippen molar-refractivity contribution in [2.24, 2.45) is 31.4 Å². The van der Waals surface area contributed by atoms with Crippen molar-refractivity contribution in [1.29, 1.82) is 0 Å². The van der Waals surface area contributed by atoms with Gasteiger partial charge in [0, 0.05) is 21.1 Å². The maximum absolute atomic E-state index is 12.2. The molecule has 0 fully saturated rings. The first kappa shape index (κ1) is 14.0. The van der Waals surface area contributed by atoms with E-state index < -0.39 is 11.2 Å². The second kappa shape index (κ2) is 5.10. The SMILES string of the molecule is Cn1c(=O)c2c(nc(N=NCc3ccco3)n2C)n(C)c1=O. The molecule has 0 aliphatic carbocycles. The maximum atomic E-state index is 12.2. The molecule has 114 valence electrons. The summed E-state index contributed by atoms with van der Waals surface area (Å²) >= 11 is 0. The molecule has 0 amide bonds. The van der Waals surface area contributed by atoms with Crippen molar-refractivity contribution in [2.75, 3.05) is 0 Å². The van der Waals surface area contributed by atoms with Gasteiger partial charge >= 0.3 is 5.69 Å². The number of hydrogen-bond acceptors (Lipinski definition) is 6. The van der Waals surface area contributed by atoms with Crippen LogP contribution in [0.25, 0.3) is 11.2 Å². The molecule has 3 rings (SSSR count). The summed E-state index contributed by atoms with van der Waals surface area (Å²) in [6, 6.07) is 3.55. The summed E-state index contributed by atoms with van der Waals surface area (Å²) in [6.45, 7) is 0.271. The summed E-state index contributed by atoms with van der Waals surface area (Å²) in [7, 11) is 4.64. The Morgan fingerprint density at radius 2 is 1.95 bits per heavy atom. The van der Waals surface area contributed by atoms with E-state index in [9.17, 15) is 9.59 Å². The average molecular weight is 302 g/mol. The van der Waals surface area contributed by atoms with Crippen LogP contribution in [-0.2, 0) is 27.7 Å². The lowest BCUT2D eigenvalue weighted by Crippen LogP contribution is -2.37. The van der Waals surface area contributed by atoms with Crippen LogP contribution in [0, 0.1) is 0 Å². The van der Waals surface area contributed by atoms with E-state index >= 15 is 0 Å². The standard InChI is InChI=1S/C13H14N6O3/c1-17-9-10(18(2)13(21)19(3)11(9)20)15-12(17)16-14-7-8-5-4-6-22-8/h4-6H,7H2,1-3H3. The van der Waals surface area contributed by atoms with E-state index in [1.54, 1.807) is 32.5 Å². The Kier molecular flexibility index (Phi) is 3.24. The zero-order valence-electron chi connectivity index (χ0n) is 12.3. The fraction of sp³-hybridized carbons (Fsp3) is 0.308. The molecule has 0 bridgehead atoms. The first-order valence-corrected chi connectivity index (χ1v) is 6.53. The highest BCUT2D eigenvalue weighted by atomic mass is 16.3. The van der Waals surface area contributed by atoms with Crippen LogP contribution >= 0.6 is 0 Å². The number of furan rings is 1. The van der Waals surface area contributed by atoms with Gasteiger partial charge in [-0.3, -0.25) is 13.9 Å². The Morgan fingerprint density at radius 1 is 1.18 bits per heavy atom. The van der Waals surface area contributed by atoms with Crippen LogP contribution in [0.2, 0.25) is 0 Å². The molecule has 0 N–H and O–H groups in total. The van der Waals surface area contributed by atoms with Gasteiger partial charge in [-0.2, -0.15) is 10.1 Å². The van der Waals surface area contributed by atoms with Crippen LogP contribution in [0.3, 0.4) is 0 Å². The van der Waals surface area contributed by atoms with Crippen LogP contribution < -0.4 is 11.2 Å². The number of fused-ring (bicyclic) bond motifs is 1. The van der Waals surface area contributed by atoms with Crippen molar-refractivity contribution < 1.29 is 4.42 Å². The second-order valence-electron chi connectivity index (χ2n) is 4.83. The second-order valence-corrected chi connectivity index (χ2v) is 4.83. The number of rotatable bonds is 3. The molecule has 0 saturated carbocycles. The Labute approximate surface area is 124 Å². The molecule has 0 saturated heterocycles. The summed E-state index contributed by atoms with van der Waals surface area (Å²) in [5, 5.41) is 8.01. The van der Waals surface area contributed by atoms with Gasteiger partial charge < -0.3 is 8.98 Å². The number of aryl methyl sites for hydroxylation is 2. The smallest absolute Gasteiger partial charge is 0.332 e. The Hall–Kier alpha value is -2.97. The lowest BCUT2D eigenvalue weighted by Gasteiger charge is -2.02. The number of imidazole rings is 1. The van der Waals surface area contributed by atoms with Crippen LogP contribution in [0.4, 0.5) is 5.95 Å². The van der Waals surface area contributed by atoms with Crippen LogP contribution in [-0.4, -0.2) is 18.7 Å². The zero-order valence-corrected chi connectivity index (χ0v) is 12.3. The van der Waals surface area contributed by atoms with Crippen LogP contribution in [0.1, 0.15) is 5.76 Å². The summed E-state index contributed by atoms with van der Waals surface area (Å²) < 4.78 is 9.01. The molecule has 0 spiro atoms. The molecule has 9 heteroatoms. The largest absolute Gasteiger partial charge is 0.467 e. The molecule has 3 aromatic rings. The minimum Gasteiger partial charge on any atom is -0.467 e. The van der Waals surface area contributed by atoms with Gasteiger partial charge in [-0.1, -0.05) is 0 Å². The molecule has 0 radical (unpaired) electrons. The molecule has 0 aromatic carbocycles. The average Bonchev–Trinajstić information content (AvgIpc) is 3.12. The van der Waals surface area contributed by atoms with Crippen LogP contribution in [0.15, 0.2) is 42.6 Å². The number of nitrogens with zero attached hydrogens (tertiary/aromatic N) is 6. The quantitative estimate of drug-likeness (QED) is 0.669. The molecular weight excluding hydrogens is 288 g/mol. The zero-order chi connectivity index (χ0) is 15.9. The summed E-state index contributed by atoms with van der Waals surface area (Å²) in [5.41, 5.74) is -0.269. The third-order valence-corrected chi connectivity index (χ3v) is 3.42. The van der Waals surface area contributed by atoms with E-state index in [4.69, 9.17) is 4.42 Å². The topological polar surface area (TPSA) is 99.7 Å². The molecule has 3 aromatic heterocycles. The van der Waals surface area contributed by atoms with Gasteiger partial charge in [0.25, 0.3) is 11.5 Å². The van der Waals surface area contributed by atoms with Gasteiger partial charge in [0.1, 0.15) is 12.3 Å². The van der Waals surface area contributed by atoms with Gasteiger partial charge in [-0.15, -0.1) is 5.11 Å². The normalized spacial score (nSPS) is 11.8. The summed E-state index contributed by atoms with van der Waals surface area (Å²) in [5.74, 6) is 0.922. The van der Waals surface area contributed by atoms with Crippen molar-refractivity contribution in [3.05, 3.63) is 45.0 Å². The third-order valence-electron chi connectivity index (χ3n) is 3.42. The molecule has 22 heavy (non-hydrogen) atoms. The van der Waals surface area contributed by atoms with Crippen molar-refractivity contribution in [3.63, 3.8) is 0 Å². The van der Waals surface area contributed by atoms with Crippen molar-refractivity contribution in [2.45, 2.75) is 6.54 Å². The lowest BCUT2D eigenvalue weighted by molar-refractivity contribution is 0.509. The number of hydrogen-bond donors (Lipinski definition) is 0. The van der Waals surface area contributed by atoms with E-state index in [0.29, 0.717) is 11.3 Å². The minimum atomic E-state index is -0.435. The molecule has 0 aliphatic rings. The van der Waals surface area contributed by atoms with Crippen molar-refractivity contribution in [1.82, 2.24) is 18.7 Å². The predicted molar refractivity (Wildman–Crippen MR) is 78.1 cm³/mol. The monoisotopic (exact) mass is 302 g/mol. The van der Waals surface area contributed by atoms with Gasteiger partial charge in [0.05, 0.1) is 6.26 Å². The van der Waals surface area contributed by atoms with Crippen molar-refractivity contribution in [3.8, 4) is 0 Å². The molecule has 0 unspecified atom stereocenters. The molecule has 9 nitrogen and oxygen atoms in total. The highest BCUT2D eigenvalue weighted by Crippen LogP contribution is 2.16. The Morgan fingerprint density at radius 3 is 2.64 bits per heavy atom. The van der Waals surface area contributed by atoms with E-state index in [1.165, 1.54) is 16.2 Å². The van der Waals surface area contributed by atoms with E-state index in [-0.39, 0.29) is 18.1 Å². The van der Waals surface area contributed by atoms with Gasteiger partial charge in [0.2, 0.25) is 0 Å². The van der Waals surface area contributed by atoms with Crippen molar-refractivity contribution >= 4 is 17.1 Å². The fourth-order valence-corrected chi connectivity index (χ4v) is 2.17. The molecular formula is C13H14N6O3. The molecule has 0 atom stereocenters. The summed E-state index contributed by atoms with van der Waals surface area (Å²) in [6.07, 6.45) is 1.55. The number of azo groups is 1. The summed E-state index contributed by atoms with van der Waals surface area (Å²) in [4.78, 5) is 28.3. The van der Waals surface area contributed by atoms with Gasteiger partial charge in [0.15, 0.2) is 11.2 Å². The van der Waals surface area contributed by atoms with E-state index in [1.807, 2.05) is 0 Å². The highest BCUT2D eigenvalue weighted by molar-refractivity contribution is 5.73. The minimum absolute atomic E-state index is 0.250. The molecule has 3 heterocycles. The third kappa shape index (κ3) is 2.07. The van der Waals surface area contributed by atoms with Gasteiger partial charge in [-0.05, 0) is 12.1 Å². The fourth-order valence-electron chi connectivity index (χ4n) is 2.17. The first-order chi connectivity index (χ1) is 10.5. The lowest BCUT2D eigenvalue weighted by atomic mass is 10.5. The van der Waals surface area contributed by atoms with Crippen LogP contribution in [0.5, 0.6) is 0 Å². The molecule has 0 aliphatic heterocycles. The maximum Gasteiger partial charge on any atom is 0.332 e. The Bertz CT molecular complexity index is 974. The highest BCUT2D eigenvalue weighted by Gasteiger charge is 2.16. The number of aromatic nitrogens is 4.